The van der Waals surface area contributed by atoms with E-state index >= 15 is 0 Å². The van der Waals surface area contributed by atoms with E-state index in [4.69, 9.17) is 10.5 Å². The first-order valence-corrected chi connectivity index (χ1v) is 10.3. The first-order chi connectivity index (χ1) is 15.0. The van der Waals surface area contributed by atoms with E-state index in [1.54, 1.807) is 12.1 Å². The van der Waals surface area contributed by atoms with Crippen molar-refractivity contribution in [1.29, 1.82) is 0 Å². The van der Waals surface area contributed by atoms with Gasteiger partial charge in [0, 0.05) is 30.2 Å². The van der Waals surface area contributed by atoms with E-state index < -0.39 is 5.91 Å². The van der Waals surface area contributed by atoms with Gasteiger partial charge in [-0.05, 0) is 53.6 Å². The average Bonchev–Trinajstić information content (AvgIpc) is 3.07. The maximum atomic E-state index is 14.2. The zero-order valence-electron chi connectivity index (χ0n) is 17.5. The maximum Gasteiger partial charge on any atom is 0.217 e. The molecule has 31 heavy (non-hydrogen) atoms. The standard InChI is InChI=1S/C26H25FN2O2/c1-18-14-22-4-2-3-5-25(22)29(18)16-19-6-8-20(9-7-19)17-31-23-12-10-21(24(27)15-23)11-13-26(28)30/h2-10,12,14-15H,11,13,16-17H2,1H3,(H2,28,30). The summed E-state index contributed by atoms with van der Waals surface area (Å²) in [4.78, 5) is 10.9. The molecule has 3 aromatic carbocycles. The van der Waals surface area contributed by atoms with Crippen LogP contribution in [-0.4, -0.2) is 10.5 Å². The van der Waals surface area contributed by atoms with E-state index in [0.29, 0.717) is 24.3 Å². The van der Waals surface area contributed by atoms with Crippen LogP contribution in [0.15, 0.2) is 72.8 Å². The Morgan fingerprint density at radius 1 is 1.00 bits per heavy atom. The molecule has 0 aliphatic carbocycles. The van der Waals surface area contributed by atoms with Gasteiger partial charge in [0.25, 0.3) is 0 Å². The van der Waals surface area contributed by atoms with E-state index in [-0.39, 0.29) is 12.2 Å². The van der Waals surface area contributed by atoms with Crippen LogP contribution in [0.3, 0.4) is 0 Å². The number of halogens is 1. The van der Waals surface area contributed by atoms with Gasteiger partial charge < -0.3 is 15.0 Å². The van der Waals surface area contributed by atoms with Crippen LogP contribution in [0.5, 0.6) is 5.75 Å². The molecule has 5 heteroatoms. The smallest absolute Gasteiger partial charge is 0.217 e. The molecule has 1 amide bonds. The Bertz CT molecular complexity index is 1210. The van der Waals surface area contributed by atoms with Crippen LogP contribution in [0, 0.1) is 12.7 Å². The highest BCUT2D eigenvalue weighted by atomic mass is 19.1. The summed E-state index contributed by atoms with van der Waals surface area (Å²) in [5.74, 6) is -0.370. The van der Waals surface area contributed by atoms with E-state index in [0.717, 1.165) is 12.1 Å². The molecule has 0 unspecified atom stereocenters. The Kier molecular flexibility index (Phi) is 6.03. The van der Waals surface area contributed by atoms with Gasteiger partial charge in [-0.1, -0.05) is 48.5 Å². The topological polar surface area (TPSA) is 57.2 Å². The SMILES string of the molecule is Cc1cc2ccccc2n1Cc1ccc(COc2ccc(CCC(N)=O)c(F)c2)cc1. The molecular formula is C26H25FN2O2. The number of nitrogens with two attached hydrogens (primary N) is 1. The fraction of sp³-hybridized carbons (Fsp3) is 0.192. The highest BCUT2D eigenvalue weighted by Crippen LogP contribution is 2.22. The lowest BCUT2D eigenvalue weighted by Crippen LogP contribution is -2.11. The number of amides is 1. The first kappa shape index (κ1) is 20.7. The number of hydrogen-bond acceptors (Lipinski definition) is 2. The Balaban J connectivity index is 1.38. The van der Waals surface area contributed by atoms with Gasteiger partial charge in [-0.3, -0.25) is 4.79 Å². The summed E-state index contributed by atoms with van der Waals surface area (Å²) >= 11 is 0. The number of nitrogens with zero attached hydrogens (tertiary/aromatic N) is 1. The summed E-state index contributed by atoms with van der Waals surface area (Å²) in [5, 5.41) is 1.25. The number of primary amides is 1. The lowest BCUT2D eigenvalue weighted by atomic mass is 10.1. The Hall–Kier alpha value is -3.60. The Morgan fingerprint density at radius 2 is 1.74 bits per heavy atom. The minimum Gasteiger partial charge on any atom is -0.489 e. The third-order valence-corrected chi connectivity index (χ3v) is 5.45. The predicted octanol–water partition coefficient (Wildman–Crippen LogP) is 5.13. The minimum atomic E-state index is -0.441. The molecule has 0 bridgehead atoms. The van der Waals surface area contributed by atoms with Crippen LogP contribution < -0.4 is 10.5 Å². The molecule has 0 atom stereocenters. The summed E-state index contributed by atoms with van der Waals surface area (Å²) in [5.41, 5.74) is 10.3. The number of carbonyl (C=O) groups is 1. The second-order valence-corrected chi connectivity index (χ2v) is 7.76. The molecule has 0 fully saturated rings. The van der Waals surface area contributed by atoms with Crippen LogP contribution >= 0.6 is 0 Å². The van der Waals surface area contributed by atoms with Crippen LogP contribution in [0.4, 0.5) is 4.39 Å². The van der Waals surface area contributed by atoms with Crippen molar-refractivity contribution in [1.82, 2.24) is 4.57 Å². The zero-order valence-corrected chi connectivity index (χ0v) is 17.5. The molecule has 0 radical (unpaired) electrons. The average molecular weight is 416 g/mol. The number of aryl methyl sites for hydroxylation is 2. The number of aromatic nitrogens is 1. The third-order valence-electron chi connectivity index (χ3n) is 5.45. The summed E-state index contributed by atoms with van der Waals surface area (Å²) < 4.78 is 22.2. The van der Waals surface area contributed by atoms with Crippen molar-refractivity contribution in [3.8, 4) is 5.75 Å². The van der Waals surface area contributed by atoms with Crippen molar-refractivity contribution in [2.75, 3.05) is 0 Å². The second kappa shape index (κ2) is 9.04. The van der Waals surface area contributed by atoms with Crippen molar-refractivity contribution in [3.63, 3.8) is 0 Å². The van der Waals surface area contributed by atoms with Crippen molar-refractivity contribution in [2.24, 2.45) is 5.73 Å². The van der Waals surface area contributed by atoms with E-state index in [1.165, 1.54) is 28.2 Å². The van der Waals surface area contributed by atoms with Crippen LogP contribution in [-0.2, 0) is 24.4 Å². The van der Waals surface area contributed by atoms with Gasteiger partial charge in [0.05, 0.1) is 0 Å². The van der Waals surface area contributed by atoms with Gasteiger partial charge in [0.1, 0.15) is 18.2 Å². The summed E-state index contributed by atoms with van der Waals surface area (Å²) in [6.45, 7) is 3.28. The molecule has 4 aromatic rings. The van der Waals surface area contributed by atoms with Gasteiger partial charge in [0.2, 0.25) is 5.91 Å². The molecule has 158 valence electrons. The van der Waals surface area contributed by atoms with Crippen LogP contribution in [0.2, 0.25) is 0 Å². The predicted molar refractivity (Wildman–Crippen MR) is 120 cm³/mol. The number of rotatable bonds is 8. The van der Waals surface area contributed by atoms with Gasteiger partial charge in [-0.2, -0.15) is 0 Å². The normalized spacial score (nSPS) is 11.0. The maximum absolute atomic E-state index is 14.2. The lowest BCUT2D eigenvalue weighted by molar-refractivity contribution is -0.117. The molecule has 1 heterocycles. The molecular weight excluding hydrogens is 391 g/mol. The zero-order chi connectivity index (χ0) is 21.8. The second-order valence-electron chi connectivity index (χ2n) is 7.76. The van der Waals surface area contributed by atoms with Crippen molar-refractivity contribution in [3.05, 3.63) is 101 Å². The fourth-order valence-electron chi connectivity index (χ4n) is 3.73. The molecule has 1 aromatic heterocycles. The largest absolute Gasteiger partial charge is 0.489 e. The minimum absolute atomic E-state index is 0.127. The molecule has 4 nitrogen and oxygen atoms in total. The van der Waals surface area contributed by atoms with Crippen molar-refractivity contribution >= 4 is 16.8 Å². The summed E-state index contributed by atoms with van der Waals surface area (Å²) in [6.07, 6.45) is 0.418. The molecule has 0 saturated carbocycles. The fourth-order valence-corrected chi connectivity index (χ4v) is 3.73. The van der Waals surface area contributed by atoms with E-state index in [1.807, 2.05) is 12.1 Å². The number of hydrogen-bond donors (Lipinski definition) is 1. The van der Waals surface area contributed by atoms with Gasteiger partial charge >= 0.3 is 0 Å². The summed E-state index contributed by atoms with van der Waals surface area (Å²) in [7, 11) is 0. The number of ether oxygens (including phenoxy) is 1. The monoisotopic (exact) mass is 416 g/mol. The first-order valence-electron chi connectivity index (χ1n) is 10.3. The molecule has 0 aliphatic rings. The Labute approximate surface area is 181 Å². The number of fused-ring (bicyclic) bond motifs is 1. The van der Waals surface area contributed by atoms with Crippen molar-refractivity contribution < 1.29 is 13.9 Å². The van der Waals surface area contributed by atoms with Crippen LogP contribution in [0.1, 0.15) is 28.8 Å². The van der Waals surface area contributed by atoms with Gasteiger partial charge in [0.15, 0.2) is 0 Å². The highest BCUT2D eigenvalue weighted by Gasteiger charge is 2.08. The molecule has 4 rings (SSSR count). The van der Waals surface area contributed by atoms with Crippen LogP contribution in [0.25, 0.3) is 10.9 Å². The lowest BCUT2D eigenvalue weighted by Gasteiger charge is -2.11. The van der Waals surface area contributed by atoms with Crippen molar-refractivity contribution in [2.45, 2.75) is 32.9 Å². The van der Waals surface area contributed by atoms with Gasteiger partial charge in [-0.25, -0.2) is 4.39 Å². The number of carbonyl (C=O) groups excluding carboxylic acids is 1. The highest BCUT2D eigenvalue weighted by molar-refractivity contribution is 5.81. The van der Waals surface area contributed by atoms with E-state index in [2.05, 4.69) is 54.0 Å². The molecule has 2 N–H and O–H groups in total. The third kappa shape index (κ3) is 4.94. The molecule has 0 aliphatic heterocycles. The van der Waals surface area contributed by atoms with E-state index in [9.17, 15) is 9.18 Å². The van der Waals surface area contributed by atoms with Gasteiger partial charge in [-0.15, -0.1) is 0 Å². The molecule has 0 spiro atoms. The Morgan fingerprint density at radius 3 is 2.48 bits per heavy atom. The summed E-state index contributed by atoms with van der Waals surface area (Å²) in [6, 6.07) is 23.6. The quantitative estimate of drug-likeness (QED) is 0.433. The number of para-hydroxylation sites is 1. The number of benzene rings is 3. The molecule has 0 saturated heterocycles.